The van der Waals surface area contributed by atoms with Crippen LogP contribution in [-0.4, -0.2) is 31.6 Å². The second-order valence-electron chi connectivity index (χ2n) is 6.87. The number of nitrogens with one attached hydrogen (secondary N) is 1. The Kier molecular flexibility index (Phi) is 5.52. The van der Waals surface area contributed by atoms with Gasteiger partial charge in [-0.1, -0.05) is 22.0 Å². The first-order valence-electron chi connectivity index (χ1n) is 9.38. The zero-order valence-electron chi connectivity index (χ0n) is 15.4. The average Bonchev–Trinajstić information content (AvgIpc) is 2.69. The van der Waals surface area contributed by atoms with Crippen LogP contribution < -0.4 is 19.7 Å². The molecule has 1 fully saturated rings. The third-order valence-corrected chi connectivity index (χ3v) is 5.57. The molecule has 0 bridgehead atoms. The van der Waals surface area contributed by atoms with Gasteiger partial charge in [-0.25, -0.2) is 0 Å². The maximum atomic E-state index is 12.6. The lowest BCUT2D eigenvalue weighted by molar-refractivity contribution is -0.119. The number of anilines is 2. The smallest absolute Gasteiger partial charge is 0.228 e. The molecule has 4 rings (SSSR count). The highest BCUT2D eigenvalue weighted by Gasteiger charge is 2.20. The lowest BCUT2D eigenvalue weighted by Crippen LogP contribution is -2.35. The molecule has 28 heavy (non-hydrogen) atoms. The first kappa shape index (κ1) is 18.8. The summed E-state index contributed by atoms with van der Waals surface area (Å²) in [5.74, 6) is 1.33. The fourth-order valence-corrected chi connectivity index (χ4v) is 3.91. The van der Waals surface area contributed by atoms with Gasteiger partial charge in [0, 0.05) is 28.8 Å². The molecule has 7 heteroatoms. The van der Waals surface area contributed by atoms with Gasteiger partial charge in [0.2, 0.25) is 11.8 Å². The van der Waals surface area contributed by atoms with E-state index in [1.807, 2.05) is 36.4 Å². The largest absolute Gasteiger partial charge is 0.486 e. The van der Waals surface area contributed by atoms with Gasteiger partial charge in [-0.3, -0.25) is 9.59 Å². The van der Waals surface area contributed by atoms with Crippen molar-refractivity contribution in [1.29, 1.82) is 0 Å². The third kappa shape index (κ3) is 4.14. The summed E-state index contributed by atoms with van der Waals surface area (Å²) < 4.78 is 12.0. The number of rotatable bonds is 4. The molecule has 6 nitrogen and oxygen atoms in total. The molecule has 0 radical (unpaired) electrons. The van der Waals surface area contributed by atoms with Gasteiger partial charge >= 0.3 is 0 Å². The van der Waals surface area contributed by atoms with E-state index in [4.69, 9.17) is 9.47 Å². The summed E-state index contributed by atoms with van der Waals surface area (Å²) in [6, 6.07) is 11.1. The number of carbonyl (C=O) groups excluding carboxylic acids is 2. The highest BCUT2D eigenvalue weighted by Crippen LogP contribution is 2.35. The molecule has 2 amide bonds. The van der Waals surface area contributed by atoms with E-state index < -0.39 is 0 Å². The van der Waals surface area contributed by atoms with Crippen LogP contribution >= 0.6 is 15.9 Å². The summed E-state index contributed by atoms with van der Waals surface area (Å²) in [6.07, 6.45) is 2.72. The van der Waals surface area contributed by atoms with E-state index in [0.717, 1.165) is 35.1 Å². The van der Waals surface area contributed by atoms with Gasteiger partial charge in [0.25, 0.3) is 0 Å². The lowest BCUT2D eigenvalue weighted by Gasteiger charge is -2.27. The van der Waals surface area contributed by atoms with Crippen LogP contribution in [0.25, 0.3) is 0 Å². The van der Waals surface area contributed by atoms with Crippen LogP contribution in [0.15, 0.2) is 40.9 Å². The molecule has 0 saturated carbocycles. The highest BCUT2D eigenvalue weighted by atomic mass is 79.9. The molecule has 1 N–H and O–H groups in total. The standard InChI is InChI=1S/C21H21BrN2O4/c22-17-13-19-18(27-8-9-28-19)10-14(17)11-20(25)23-15-4-3-5-16(12-15)24-7-2-1-6-21(24)26/h3-5,10,12-13H,1-2,6-9,11H2,(H,23,25). The van der Waals surface area contributed by atoms with Gasteiger partial charge in [0.05, 0.1) is 6.42 Å². The van der Waals surface area contributed by atoms with Gasteiger partial charge in [-0.05, 0) is 48.7 Å². The van der Waals surface area contributed by atoms with Crippen molar-refractivity contribution < 1.29 is 19.1 Å². The molecule has 1 saturated heterocycles. The summed E-state index contributed by atoms with van der Waals surface area (Å²) in [5.41, 5.74) is 2.32. The Labute approximate surface area is 171 Å². The number of halogens is 1. The minimum absolute atomic E-state index is 0.134. The van der Waals surface area contributed by atoms with Crippen LogP contribution in [0, 0.1) is 0 Å². The Morgan fingerprint density at radius 1 is 1.11 bits per heavy atom. The van der Waals surface area contributed by atoms with E-state index >= 15 is 0 Å². The van der Waals surface area contributed by atoms with Crippen LogP contribution in [0.4, 0.5) is 11.4 Å². The molecular weight excluding hydrogens is 424 g/mol. The molecule has 2 aromatic rings. The van der Waals surface area contributed by atoms with Crippen molar-refractivity contribution in [2.24, 2.45) is 0 Å². The minimum atomic E-state index is -0.139. The molecule has 0 spiro atoms. The fraction of sp³-hybridized carbons (Fsp3) is 0.333. The fourth-order valence-electron chi connectivity index (χ4n) is 3.45. The Balaban J connectivity index is 1.46. The van der Waals surface area contributed by atoms with Crippen molar-refractivity contribution in [1.82, 2.24) is 0 Å². The number of fused-ring (bicyclic) bond motifs is 1. The Morgan fingerprint density at radius 2 is 1.89 bits per heavy atom. The summed E-state index contributed by atoms with van der Waals surface area (Å²) in [6.45, 7) is 1.75. The Morgan fingerprint density at radius 3 is 2.68 bits per heavy atom. The number of benzene rings is 2. The molecule has 2 aliphatic rings. The summed E-state index contributed by atoms with van der Waals surface area (Å²) in [4.78, 5) is 26.5. The minimum Gasteiger partial charge on any atom is -0.486 e. The zero-order chi connectivity index (χ0) is 19.5. The summed E-state index contributed by atoms with van der Waals surface area (Å²) >= 11 is 3.50. The number of amides is 2. The number of hydrogen-bond acceptors (Lipinski definition) is 4. The molecule has 2 aliphatic heterocycles. The van der Waals surface area contributed by atoms with Crippen LogP contribution in [0.2, 0.25) is 0 Å². The molecule has 2 heterocycles. The Hall–Kier alpha value is -2.54. The topological polar surface area (TPSA) is 67.9 Å². The van der Waals surface area contributed by atoms with Gasteiger partial charge in [0.1, 0.15) is 13.2 Å². The summed E-state index contributed by atoms with van der Waals surface area (Å²) in [5, 5.41) is 2.92. The van der Waals surface area contributed by atoms with Gasteiger partial charge < -0.3 is 19.7 Å². The van der Waals surface area contributed by atoms with Crippen molar-refractivity contribution >= 4 is 39.1 Å². The van der Waals surface area contributed by atoms with Gasteiger partial charge in [0.15, 0.2) is 11.5 Å². The van der Waals surface area contributed by atoms with E-state index in [2.05, 4.69) is 21.2 Å². The first-order chi connectivity index (χ1) is 13.6. The predicted molar refractivity (Wildman–Crippen MR) is 110 cm³/mol. The van der Waals surface area contributed by atoms with E-state index in [0.29, 0.717) is 36.8 Å². The second kappa shape index (κ2) is 8.22. The molecule has 0 unspecified atom stereocenters. The number of nitrogens with zero attached hydrogens (tertiary/aromatic N) is 1. The van der Waals surface area contributed by atoms with Crippen LogP contribution in [0.3, 0.4) is 0 Å². The van der Waals surface area contributed by atoms with E-state index in [-0.39, 0.29) is 18.2 Å². The maximum Gasteiger partial charge on any atom is 0.228 e. The van der Waals surface area contributed by atoms with E-state index in [1.54, 1.807) is 4.90 Å². The second-order valence-corrected chi connectivity index (χ2v) is 7.72. The molecule has 146 valence electrons. The van der Waals surface area contributed by atoms with E-state index in [1.165, 1.54) is 0 Å². The summed E-state index contributed by atoms with van der Waals surface area (Å²) in [7, 11) is 0. The van der Waals surface area contributed by atoms with Crippen molar-refractivity contribution in [3.63, 3.8) is 0 Å². The normalized spacial score (nSPS) is 16.0. The van der Waals surface area contributed by atoms with E-state index in [9.17, 15) is 9.59 Å². The molecule has 0 aromatic heterocycles. The van der Waals surface area contributed by atoms with Gasteiger partial charge in [-0.15, -0.1) is 0 Å². The van der Waals surface area contributed by atoms with Crippen molar-refractivity contribution in [2.75, 3.05) is 30.0 Å². The predicted octanol–water partition coefficient (Wildman–Crippen LogP) is 3.92. The van der Waals surface area contributed by atoms with Crippen molar-refractivity contribution in [2.45, 2.75) is 25.7 Å². The number of ether oxygens (including phenoxy) is 2. The van der Waals surface area contributed by atoms with Crippen molar-refractivity contribution in [3.05, 3.63) is 46.4 Å². The monoisotopic (exact) mass is 444 g/mol. The van der Waals surface area contributed by atoms with Crippen LogP contribution in [0.1, 0.15) is 24.8 Å². The van der Waals surface area contributed by atoms with Gasteiger partial charge in [-0.2, -0.15) is 0 Å². The van der Waals surface area contributed by atoms with Crippen LogP contribution in [0.5, 0.6) is 11.5 Å². The SMILES string of the molecule is O=C(Cc1cc2c(cc1Br)OCCO2)Nc1cccc(N2CCCCC2=O)c1. The first-order valence-corrected chi connectivity index (χ1v) is 10.2. The molecular formula is C21H21BrN2O4. The van der Waals surface area contributed by atoms with Crippen molar-refractivity contribution in [3.8, 4) is 11.5 Å². The lowest BCUT2D eigenvalue weighted by atomic mass is 10.1. The Bertz CT molecular complexity index is 915. The quantitative estimate of drug-likeness (QED) is 0.775. The number of carbonyl (C=O) groups is 2. The molecule has 2 aromatic carbocycles. The third-order valence-electron chi connectivity index (χ3n) is 4.83. The molecule has 0 atom stereocenters. The number of piperidine rings is 1. The number of hydrogen-bond donors (Lipinski definition) is 1. The maximum absolute atomic E-state index is 12.6. The highest BCUT2D eigenvalue weighted by molar-refractivity contribution is 9.10. The molecule has 0 aliphatic carbocycles. The zero-order valence-corrected chi connectivity index (χ0v) is 17.0. The average molecular weight is 445 g/mol. The van der Waals surface area contributed by atoms with Crippen LogP contribution in [-0.2, 0) is 16.0 Å².